The minimum absolute atomic E-state index is 0. The van der Waals surface area contributed by atoms with Crippen molar-refractivity contribution in [2.45, 2.75) is 0 Å². The highest BCUT2D eigenvalue weighted by molar-refractivity contribution is 5.74. The highest BCUT2D eigenvalue weighted by Crippen LogP contribution is 1.98. The van der Waals surface area contributed by atoms with Gasteiger partial charge in [0.05, 0.1) is 0 Å². The smallest absolute Gasteiger partial charge is 0.150 e. The van der Waals surface area contributed by atoms with Crippen molar-refractivity contribution in [1.82, 2.24) is 0 Å². The Kier molecular flexibility index (Phi) is 1.58. The fourth-order valence-electron chi connectivity index (χ4n) is 0.541. The lowest BCUT2D eigenvalue weighted by Crippen LogP contribution is -1.77. The lowest BCUT2D eigenvalue weighted by Gasteiger charge is -1.86. The molecule has 1 aromatic rings. The summed E-state index contributed by atoms with van der Waals surface area (Å²) in [4.78, 5) is 10.00. The SMILES string of the molecule is O=Cc1ccc(F)cc1.[HH]. The van der Waals surface area contributed by atoms with Crippen LogP contribution in [-0.2, 0) is 0 Å². The van der Waals surface area contributed by atoms with E-state index in [2.05, 4.69) is 0 Å². The summed E-state index contributed by atoms with van der Waals surface area (Å²) in [5, 5.41) is 0. The molecule has 1 aromatic carbocycles. The van der Waals surface area contributed by atoms with E-state index >= 15 is 0 Å². The molecule has 0 aliphatic rings. The number of carbonyl (C=O) groups excluding carboxylic acids is 1. The van der Waals surface area contributed by atoms with E-state index in [1.54, 1.807) is 0 Å². The lowest BCUT2D eigenvalue weighted by atomic mass is 10.2. The van der Waals surface area contributed by atoms with Crippen LogP contribution in [0.3, 0.4) is 0 Å². The molecule has 9 heavy (non-hydrogen) atoms. The van der Waals surface area contributed by atoms with Gasteiger partial charge in [-0.25, -0.2) is 4.39 Å². The maximum Gasteiger partial charge on any atom is 0.150 e. The maximum atomic E-state index is 12.1. The summed E-state index contributed by atoms with van der Waals surface area (Å²) < 4.78 is 12.1. The predicted octanol–water partition coefficient (Wildman–Crippen LogP) is 1.88. The van der Waals surface area contributed by atoms with Crippen LogP contribution >= 0.6 is 0 Å². The van der Waals surface area contributed by atoms with Gasteiger partial charge < -0.3 is 0 Å². The van der Waals surface area contributed by atoms with Gasteiger partial charge in [0, 0.05) is 6.99 Å². The first-order valence-electron chi connectivity index (χ1n) is 2.53. The molecule has 0 saturated carbocycles. The Balaban J connectivity index is 0.000000810. The normalized spacial score (nSPS) is 9.00. The van der Waals surface area contributed by atoms with Gasteiger partial charge in [0.25, 0.3) is 0 Å². The zero-order chi connectivity index (χ0) is 6.69. The van der Waals surface area contributed by atoms with Gasteiger partial charge in [0.1, 0.15) is 12.1 Å². The molecular weight excluding hydrogens is 119 g/mol. The molecule has 1 rings (SSSR count). The minimum atomic E-state index is -0.319. The molecule has 0 radical (unpaired) electrons. The molecule has 0 N–H and O–H groups in total. The Morgan fingerprint density at radius 2 is 1.89 bits per heavy atom. The minimum Gasteiger partial charge on any atom is -0.298 e. The van der Waals surface area contributed by atoms with Crippen LogP contribution < -0.4 is 0 Å². The average Bonchev–Trinajstić information content (AvgIpc) is 1.90. The van der Waals surface area contributed by atoms with Crippen LogP contribution in [0.5, 0.6) is 0 Å². The van der Waals surface area contributed by atoms with Gasteiger partial charge in [0.2, 0.25) is 0 Å². The van der Waals surface area contributed by atoms with E-state index < -0.39 is 0 Å². The van der Waals surface area contributed by atoms with Crippen LogP contribution in [0.1, 0.15) is 11.8 Å². The monoisotopic (exact) mass is 126 g/mol. The molecule has 0 aromatic heterocycles. The van der Waals surface area contributed by atoms with E-state index in [4.69, 9.17) is 0 Å². The number of hydrogen-bond donors (Lipinski definition) is 0. The van der Waals surface area contributed by atoms with Crippen LogP contribution in [0, 0.1) is 5.82 Å². The molecule has 0 aliphatic heterocycles. The van der Waals surface area contributed by atoms with E-state index in [-0.39, 0.29) is 7.24 Å². The van der Waals surface area contributed by atoms with Crippen LogP contribution in [0.15, 0.2) is 24.3 Å². The summed E-state index contributed by atoms with van der Waals surface area (Å²) in [6.45, 7) is 0. The number of rotatable bonds is 1. The van der Waals surface area contributed by atoms with Gasteiger partial charge in [0.15, 0.2) is 0 Å². The Bertz CT molecular complexity index is 207. The zero-order valence-corrected chi connectivity index (χ0v) is 4.67. The van der Waals surface area contributed by atoms with Crippen molar-refractivity contribution in [2.75, 3.05) is 0 Å². The van der Waals surface area contributed by atoms with Gasteiger partial charge in [-0.2, -0.15) is 0 Å². The van der Waals surface area contributed by atoms with Crippen molar-refractivity contribution in [1.29, 1.82) is 0 Å². The summed E-state index contributed by atoms with van der Waals surface area (Å²) in [5.41, 5.74) is 0.497. The lowest BCUT2D eigenvalue weighted by molar-refractivity contribution is 0.112. The van der Waals surface area contributed by atoms with E-state index in [1.807, 2.05) is 0 Å². The predicted molar refractivity (Wildman–Crippen MR) is 33.9 cm³/mol. The number of carbonyl (C=O) groups is 1. The Hall–Kier alpha value is -1.18. The third kappa shape index (κ3) is 1.35. The first-order chi connectivity index (χ1) is 4.33. The van der Waals surface area contributed by atoms with Crippen LogP contribution in [0.4, 0.5) is 4.39 Å². The molecule has 0 fully saturated rings. The molecule has 0 aliphatic carbocycles. The molecule has 2 heteroatoms. The van der Waals surface area contributed by atoms with E-state index in [0.717, 1.165) is 0 Å². The molecule has 0 heterocycles. The van der Waals surface area contributed by atoms with Crippen LogP contribution in [-0.4, -0.2) is 6.29 Å². The Morgan fingerprint density at radius 1 is 1.33 bits per heavy atom. The number of benzene rings is 1. The fraction of sp³-hybridized carbons (Fsp3) is 0. The summed E-state index contributed by atoms with van der Waals surface area (Å²) >= 11 is 0. The molecule has 0 atom stereocenters. The average molecular weight is 126 g/mol. The van der Waals surface area contributed by atoms with Gasteiger partial charge in [-0.1, -0.05) is 0 Å². The largest absolute Gasteiger partial charge is 0.298 e. The second kappa shape index (κ2) is 2.40. The summed E-state index contributed by atoms with van der Waals surface area (Å²) in [6, 6.07) is 5.37. The molecular formula is C7H7FO. The van der Waals surface area contributed by atoms with Crippen LogP contribution in [0.25, 0.3) is 0 Å². The highest BCUT2D eigenvalue weighted by atomic mass is 19.1. The van der Waals surface area contributed by atoms with E-state index in [0.29, 0.717) is 11.8 Å². The second-order valence-corrected chi connectivity index (χ2v) is 1.67. The quantitative estimate of drug-likeness (QED) is 0.525. The summed E-state index contributed by atoms with van der Waals surface area (Å²) in [7, 11) is 0. The van der Waals surface area contributed by atoms with Crippen molar-refractivity contribution < 1.29 is 10.6 Å². The van der Waals surface area contributed by atoms with Crippen molar-refractivity contribution in [3.63, 3.8) is 0 Å². The third-order valence-electron chi connectivity index (χ3n) is 1.01. The Morgan fingerprint density at radius 3 is 2.33 bits per heavy atom. The van der Waals surface area contributed by atoms with Gasteiger partial charge in [-0.3, -0.25) is 4.79 Å². The van der Waals surface area contributed by atoms with Gasteiger partial charge in [-0.15, -0.1) is 0 Å². The van der Waals surface area contributed by atoms with Gasteiger partial charge >= 0.3 is 0 Å². The van der Waals surface area contributed by atoms with Crippen molar-refractivity contribution >= 4 is 6.29 Å². The number of hydrogen-bond acceptors (Lipinski definition) is 1. The summed E-state index contributed by atoms with van der Waals surface area (Å²) in [5.74, 6) is -0.319. The maximum absolute atomic E-state index is 12.1. The number of aldehydes is 1. The van der Waals surface area contributed by atoms with Crippen LogP contribution in [0.2, 0.25) is 0 Å². The standard InChI is InChI=1S/C7H5FO.H2/c8-7-3-1-6(5-9)2-4-7;/h1-5H;1H. The first kappa shape index (κ1) is 5.95. The van der Waals surface area contributed by atoms with E-state index in [1.165, 1.54) is 24.3 Å². The topological polar surface area (TPSA) is 17.1 Å². The molecule has 0 bridgehead atoms. The first-order valence-corrected chi connectivity index (χ1v) is 2.53. The van der Waals surface area contributed by atoms with E-state index in [9.17, 15) is 9.18 Å². The second-order valence-electron chi connectivity index (χ2n) is 1.67. The summed E-state index contributed by atoms with van der Waals surface area (Å²) in [6.07, 6.45) is 0.680. The molecule has 48 valence electrons. The van der Waals surface area contributed by atoms with Crippen molar-refractivity contribution in [2.24, 2.45) is 0 Å². The molecule has 0 unspecified atom stereocenters. The fourth-order valence-corrected chi connectivity index (χ4v) is 0.541. The zero-order valence-electron chi connectivity index (χ0n) is 4.67. The molecule has 0 amide bonds. The van der Waals surface area contributed by atoms with Crippen molar-refractivity contribution in [3.8, 4) is 0 Å². The highest BCUT2D eigenvalue weighted by Gasteiger charge is 1.87. The number of halogens is 1. The third-order valence-corrected chi connectivity index (χ3v) is 1.01. The molecule has 0 saturated heterocycles. The Labute approximate surface area is 53.6 Å². The molecule has 1 nitrogen and oxygen atoms in total. The molecule has 0 spiro atoms. The van der Waals surface area contributed by atoms with Gasteiger partial charge in [-0.05, 0) is 24.3 Å². The van der Waals surface area contributed by atoms with Crippen molar-refractivity contribution in [3.05, 3.63) is 35.6 Å².